The molecule has 0 heterocycles. The number of hydrogen-bond donors (Lipinski definition) is 0. The molecule has 5 aromatic rings. The molecule has 0 aromatic heterocycles. The summed E-state index contributed by atoms with van der Waals surface area (Å²) in [7, 11) is 0. The van der Waals surface area contributed by atoms with E-state index in [1.165, 1.54) is 44.5 Å². The van der Waals surface area contributed by atoms with E-state index in [0.717, 1.165) is 0 Å². The van der Waals surface area contributed by atoms with Crippen molar-refractivity contribution in [2.45, 2.75) is 0 Å². The lowest BCUT2D eigenvalue weighted by atomic mass is 9.96. The van der Waals surface area contributed by atoms with E-state index >= 15 is 0 Å². The van der Waals surface area contributed by atoms with Gasteiger partial charge in [0.2, 0.25) is 0 Å². The molecule has 0 bridgehead atoms. The van der Waals surface area contributed by atoms with Gasteiger partial charge in [-0.15, -0.1) is 0 Å². The van der Waals surface area contributed by atoms with Crippen LogP contribution in [0.25, 0.3) is 44.5 Å². The summed E-state index contributed by atoms with van der Waals surface area (Å²) in [5, 5.41) is 0. The summed E-state index contributed by atoms with van der Waals surface area (Å²) in [6, 6.07) is 47.4. The van der Waals surface area contributed by atoms with Crippen LogP contribution in [0, 0.1) is 0 Å². The second-order valence-corrected chi connectivity index (χ2v) is 7.47. The second-order valence-electron chi connectivity index (χ2n) is 7.47. The molecule has 0 fully saturated rings. The van der Waals surface area contributed by atoms with Crippen molar-refractivity contribution in [3.05, 3.63) is 133 Å². The molecule has 5 rings (SSSR count). The summed E-state index contributed by atoms with van der Waals surface area (Å²) in [6.07, 6.45) is 0. The molecule has 0 spiro atoms. The summed E-state index contributed by atoms with van der Waals surface area (Å²) >= 11 is 0. The van der Waals surface area contributed by atoms with E-state index < -0.39 is 0 Å². The molecule has 0 N–H and O–H groups in total. The second kappa shape index (κ2) is 8.23. The maximum atomic E-state index is 2.27. The maximum Gasteiger partial charge on any atom is -0.0178 e. The monoisotopic (exact) mass is 382 g/mol. The average Bonchev–Trinajstić information content (AvgIpc) is 2.85. The van der Waals surface area contributed by atoms with Crippen molar-refractivity contribution in [1.29, 1.82) is 0 Å². The molecular weight excluding hydrogens is 360 g/mol. The Labute approximate surface area is 178 Å². The third kappa shape index (κ3) is 3.81. The van der Waals surface area contributed by atoms with Crippen LogP contribution in [0.5, 0.6) is 0 Å². The van der Waals surface area contributed by atoms with Crippen molar-refractivity contribution in [2.75, 3.05) is 0 Å². The SMILES string of the molecule is c1ccc(-c2ccc(-c3cccc(-c4ccc(-c5ccccc5)cc4)c3)cc2)cc1. The molecule has 0 aliphatic rings. The fourth-order valence-corrected chi connectivity index (χ4v) is 3.85. The zero-order valence-corrected chi connectivity index (χ0v) is 16.7. The Morgan fingerprint density at radius 1 is 0.200 bits per heavy atom. The van der Waals surface area contributed by atoms with Crippen molar-refractivity contribution < 1.29 is 0 Å². The lowest BCUT2D eigenvalue weighted by molar-refractivity contribution is 1.57. The van der Waals surface area contributed by atoms with E-state index in [0.29, 0.717) is 0 Å². The van der Waals surface area contributed by atoms with E-state index in [-0.39, 0.29) is 0 Å². The Morgan fingerprint density at radius 2 is 0.467 bits per heavy atom. The Balaban J connectivity index is 1.42. The van der Waals surface area contributed by atoms with Crippen LogP contribution >= 0.6 is 0 Å². The van der Waals surface area contributed by atoms with E-state index in [1.54, 1.807) is 0 Å². The number of benzene rings is 5. The summed E-state index contributed by atoms with van der Waals surface area (Å²) in [6.45, 7) is 0. The molecule has 0 amide bonds. The Hall–Kier alpha value is -3.90. The van der Waals surface area contributed by atoms with Gasteiger partial charge in [-0.2, -0.15) is 0 Å². The maximum absolute atomic E-state index is 2.27. The molecule has 0 unspecified atom stereocenters. The molecule has 5 aromatic carbocycles. The predicted octanol–water partition coefficient (Wildman–Crippen LogP) is 8.35. The fourth-order valence-electron chi connectivity index (χ4n) is 3.85. The van der Waals surface area contributed by atoms with Gasteiger partial charge in [-0.25, -0.2) is 0 Å². The third-order valence-corrected chi connectivity index (χ3v) is 5.51. The minimum atomic E-state index is 1.23. The largest absolute Gasteiger partial charge is 0.0622 e. The van der Waals surface area contributed by atoms with Crippen LogP contribution in [-0.4, -0.2) is 0 Å². The van der Waals surface area contributed by atoms with Crippen LogP contribution in [0.3, 0.4) is 0 Å². The van der Waals surface area contributed by atoms with Crippen molar-refractivity contribution in [2.24, 2.45) is 0 Å². The van der Waals surface area contributed by atoms with Gasteiger partial charge in [0.05, 0.1) is 0 Å². The summed E-state index contributed by atoms with van der Waals surface area (Å²) in [5.41, 5.74) is 9.92. The van der Waals surface area contributed by atoms with E-state index in [2.05, 4.69) is 133 Å². The first-order valence-electron chi connectivity index (χ1n) is 10.3. The van der Waals surface area contributed by atoms with E-state index in [4.69, 9.17) is 0 Å². The first kappa shape index (κ1) is 18.1. The van der Waals surface area contributed by atoms with Crippen molar-refractivity contribution >= 4 is 0 Å². The molecule has 0 saturated heterocycles. The molecule has 30 heavy (non-hydrogen) atoms. The van der Waals surface area contributed by atoms with Crippen LogP contribution in [0.2, 0.25) is 0 Å². The highest BCUT2D eigenvalue weighted by Gasteiger charge is 2.04. The predicted molar refractivity (Wildman–Crippen MR) is 128 cm³/mol. The highest BCUT2D eigenvalue weighted by molar-refractivity contribution is 5.76. The van der Waals surface area contributed by atoms with Gasteiger partial charge in [0.25, 0.3) is 0 Å². The standard InChI is InChI=1S/C30H22/c1-3-8-23(9-4-1)25-14-18-27(19-15-25)29-12-7-13-30(22-29)28-20-16-26(17-21-28)24-10-5-2-6-11-24/h1-22H. The van der Waals surface area contributed by atoms with Crippen LogP contribution < -0.4 is 0 Å². The normalized spacial score (nSPS) is 10.7. The van der Waals surface area contributed by atoms with Crippen LogP contribution in [0.15, 0.2) is 133 Å². The first-order chi connectivity index (χ1) is 14.9. The van der Waals surface area contributed by atoms with Crippen molar-refractivity contribution in [1.82, 2.24) is 0 Å². The lowest BCUT2D eigenvalue weighted by Crippen LogP contribution is -1.83. The number of rotatable bonds is 4. The Morgan fingerprint density at radius 3 is 0.833 bits per heavy atom. The summed E-state index contributed by atoms with van der Waals surface area (Å²) in [4.78, 5) is 0. The van der Waals surface area contributed by atoms with Gasteiger partial charge in [-0.05, 0) is 50.6 Å². The lowest BCUT2D eigenvalue weighted by Gasteiger charge is -2.09. The van der Waals surface area contributed by atoms with Gasteiger partial charge < -0.3 is 0 Å². The molecule has 0 saturated carbocycles. The minimum Gasteiger partial charge on any atom is -0.0622 e. The minimum absolute atomic E-state index is 1.23. The first-order valence-corrected chi connectivity index (χ1v) is 10.3. The molecular formula is C30H22. The van der Waals surface area contributed by atoms with Gasteiger partial charge in [0.15, 0.2) is 0 Å². The van der Waals surface area contributed by atoms with Gasteiger partial charge in [0, 0.05) is 0 Å². The summed E-state index contributed by atoms with van der Waals surface area (Å²) < 4.78 is 0. The van der Waals surface area contributed by atoms with E-state index in [9.17, 15) is 0 Å². The summed E-state index contributed by atoms with van der Waals surface area (Å²) in [5.74, 6) is 0. The van der Waals surface area contributed by atoms with Crippen LogP contribution in [0.1, 0.15) is 0 Å². The van der Waals surface area contributed by atoms with Gasteiger partial charge in [-0.3, -0.25) is 0 Å². The zero-order valence-electron chi connectivity index (χ0n) is 16.7. The van der Waals surface area contributed by atoms with Gasteiger partial charge in [-0.1, -0.05) is 127 Å². The fraction of sp³-hybridized carbons (Fsp3) is 0. The Kier molecular flexibility index (Phi) is 4.98. The Bertz CT molecular complexity index is 1140. The molecule has 0 heteroatoms. The molecule has 142 valence electrons. The van der Waals surface area contributed by atoms with E-state index in [1.807, 2.05) is 0 Å². The molecule has 0 aliphatic carbocycles. The van der Waals surface area contributed by atoms with Crippen LogP contribution in [-0.2, 0) is 0 Å². The van der Waals surface area contributed by atoms with Crippen LogP contribution in [0.4, 0.5) is 0 Å². The topological polar surface area (TPSA) is 0 Å². The molecule has 0 aliphatic heterocycles. The average molecular weight is 383 g/mol. The highest BCUT2D eigenvalue weighted by atomic mass is 14.1. The quantitative estimate of drug-likeness (QED) is 0.293. The smallest absolute Gasteiger partial charge is 0.0178 e. The molecule has 0 nitrogen and oxygen atoms in total. The molecule has 0 atom stereocenters. The van der Waals surface area contributed by atoms with Gasteiger partial charge >= 0.3 is 0 Å². The molecule has 0 radical (unpaired) electrons. The number of hydrogen-bond acceptors (Lipinski definition) is 0. The zero-order chi connectivity index (χ0) is 20.2. The van der Waals surface area contributed by atoms with Gasteiger partial charge in [0.1, 0.15) is 0 Å². The third-order valence-electron chi connectivity index (χ3n) is 5.51. The highest BCUT2D eigenvalue weighted by Crippen LogP contribution is 2.30. The van der Waals surface area contributed by atoms with Crippen molar-refractivity contribution in [3.63, 3.8) is 0 Å². The van der Waals surface area contributed by atoms with Crippen molar-refractivity contribution in [3.8, 4) is 44.5 Å².